The number of thiophene rings is 1. The lowest BCUT2D eigenvalue weighted by atomic mass is 10.1. The Balaban J connectivity index is 2.15. The Bertz CT molecular complexity index is 782. The molecule has 0 saturated carbocycles. The maximum atomic E-state index is 12.2. The van der Waals surface area contributed by atoms with Crippen LogP contribution in [0.1, 0.15) is 40.0 Å². The van der Waals surface area contributed by atoms with Crippen LogP contribution in [0.15, 0.2) is 41.3 Å². The Kier molecular flexibility index (Phi) is 5.00. The molecular formula is C15H18N2O3S2. The van der Waals surface area contributed by atoms with E-state index >= 15 is 0 Å². The van der Waals surface area contributed by atoms with Gasteiger partial charge in [0.05, 0.1) is 15.8 Å². The number of sulfonamides is 1. The number of amides is 1. The molecule has 0 aliphatic carbocycles. The average molecular weight is 338 g/mol. The number of rotatable bonds is 5. The number of nitrogens with two attached hydrogens (primary N) is 1. The quantitative estimate of drug-likeness (QED) is 0.877. The number of carbonyl (C=O) groups is 1. The van der Waals surface area contributed by atoms with Gasteiger partial charge in [-0.25, -0.2) is 13.6 Å². The van der Waals surface area contributed by atoms with Gasteiger partial charge in [-0.3, -0.25) is 4.79 Å². The summed E-state index contributed by atoms with van der Waals surface area (Å²) in [5.74, 6) is -0.168. The molecule has 2 aromatic rings. The van der Waals surface area contributed by atoms with E-state index in [1.165, 1.54) is 23.5 Å². The number of nitrogens with one attached hydrogen (secondary N) is 1. The summed E-state index contributed by atoms with van der Waals surface area (Å²) in [6.07, 6.45) is 0.893. The highest BCUT2D eigenvalue weighted by atomic mass is 32.2. The first kappa shape index (κ1) is 16.7. The second kappa shape index (κ2) is 6.60. The number of hydrogen-bond donors (Lipinski definition) is 2. The molecule has 1 aromatic heterocycles. The summed E-state index contributed by atoms with van der Waals surface area (Å²) in [6, 6.07) is 9.69. The van der Waals surface area contributed by atoms with Crippen molar-refractivity contribution in [1.82, 2.24) is 5.32 Å². The molecule has 0 radical (unpaired) electrons. The first-order valence-corrected chi connectivity index (χ1v) is 9.20. The van der Waals surface area contributed by atoms with Gasteiger partial charge in [-0.15, -0.1) is 11.3 Å². The molecule has 2 rings (SSSR count). The van der Waals surface area contributed by atoms with Crippen molar-refractivity contribution < 1.29 is 13.2 Å². The molecule has 1 unspecified atom stereocenters. The normalized spacial score (nSPS) is 12.9. The second-order valence-electron chi connectivity index (χ2n) is 4.93. The number of hydrogen-bond acceptors (Lipinski definition) is 4. The third-order valence-corrected chi connectivity index (χ3v) is 5.41. The summed E-state index contributed by atoms with van der Waals surface area (Å²) in [6.45, 7) is 3.84. The minimum atomic E-state index is -3.75. The molecule has 7 heteroatoms. The third kappa shape index (κ3) is 3.94. The zero-order chi connectivity index (χ0) is 16.3. The molecule has 0 fully saturated rings. The number of carbonyl (C=O) groups excluding carboxylic acids is 1. The summed E-state index contributed by atoms with van der Waals surface area (Å²) >= 11 is 1.46. The topological polar surface area (TPSA) is 89.3 Å². The smallest absolute Gasteiger partial charge is 0.261 e. The molecule has 0 aliphatic heterocycles. The molecule has 1 aromatic carbocycles. The van der Waals surface area contributed by atoms with Crippen LogP contribution in [0.5, 0.6) is 0 Å². The van der Waals surface area contributed by atoms with E-state index in [9.17, 15) is 13.2 Å². The van der Waals surface area contributed by atoms with Crippen LogP contribution in [0.3, 0.4) is 0 Å². The Morgan fingerprint density at radius 1 is 1.32 bits per heavy atom. The highest BCUT2D eigenvalue weighted by Gasteiger charge is 2.15. The molecule has 3 N–H and O–H groups in total. The standard InChI is InChI=1S/C15H18N2O3S2/c1-3-12-7-8-14(21-12)15(18)17-10(2)11-5-4-6-13(9-11)22(16,19)20/h4-10H,3H2,1-2H3,(H,17,18)(H2,16,19,20). The zero-order valence-electron chi connectivity index (χ0n) is 12.4. The van der Waals surface area contributed by atoms with E-state index in [1.807, 2.05) is 13.0 Å². The van der Waals surface area contributed by atoms with Crippen LogP contribution in [0, 0.1) is 0 Å². The van der Waals surface area contributed by atoms with Crippen LogP contribution >= 0.6 is 11.3 Å². The zero-order valence-corrected chi connectivity index (χ0v) is 14.0. The van der Waals surface area contributed by atoms with Gasteiger partial charge in [0, 0.05) is 4.88 Å². The largest absolute Gasteiger partial charge is 0.345 e. The van der Waals surface area contributed by atoms with E-state index in [4.69, 9.17) is 5.14 Å². The Hall–Kier alpha value is -1.70. The number of benzene rings is 1. The molecule has 1 atom stereocenters. The van der Waals surface area contributed by atoms with Gasteiger partial charge in [0.15, 0.2) is 0 Å². The average Bonchev–Trinajstić information content (AvgIpc) is 2.95. The van der Waals surface area contributed by atoms with Crippen LogP contribution in [0.25, 0.3) is 0 Å². The number of aryl methyl sites for hydroxylation is 1. The predicted octanol–water partition coefficient (Wildman–Crippen LogP) is 2.45. The monoisotopic (exact) mass is 338 g/mol. The molecule has 0 saturated heterocycles. The minimum absolute atomic E-state index is 0.0375. The predicted molar refractivity (Wildman–Crippen MR) is 87.4 cm³/mol. The SMILES string of the molecule is CCc1ccc(C(=O)NC(C)c2cccc(S(N)(=O)=O)c2)s1. The summed E-state index contributed by atoms with van der Waals surface area (Å²) in [5.41, 5.74) is 0.687. The van der Waals surface area contributed by atoms with Crippen molar-refractivity contribution in [1.29, 1.82) is 0 Å². The fraction of sp³-hybridized carbons (Fsp3) is 0.267. The van der Waals surface area contributed by atoms with Gasteiger partial charge in [0.1, 0.15) is 0 Å². The van der Waals surface area contributed by atoms with E-state index in [0.717, 1.165) is 11.3 Å². The molecule has 1 amide bonds. The molecule has 0 spiro atoms. The van der Waals surface area contributed by atoms with Crippen LogP contribution in [-0.4, -0.2) is 14.3 Å². The highest BCUT2D eigenvalue weighted by molar-refractivity contribution is 7.89. The van der Waals surface area contributed by atoms with E-state index in [2.05, 4.69) is 5.32 Å². The molecule has 0 aliphatic rings. The van der Waals surface area contributed by atoms with Gasteiger partial charge in [0.25, 0.3) is 5.91 Å². The van der Waals surface area contributed by atoms with Crippen LogP contribution < -0.4 is 10.5 Å². The van der Waals surface area contributed by atoms with Crippen LogP contribution in [-0.2, 0) is 16.4 Å². The van der Waals surface area contributed by atoms with Gasteiger partial charge in [-0.05, 0) is 43.2 Å². The van der Waals surface area contributed by atoms with Gasteiger partial charge in [-0.1, -0.05) is 19.1 Å². The maximum absolute atomic E-state index is 12.2. The Morgan fingerprint density at radius 3 is 2.64 bits per heavy atom. The summed E-state index contributed by atoms with van der Waals surface area (Å²) in [7, 11) is -3.75. The molecule has 22 heavy (non-hydrogen) atoms. The van der Waals surface area contributed by atoms with E-state index < -0.39 is 10.0 Å². The van der Waals surface area contributed by atoms with Crippen molar-refractivity contribution >= 4 is 27.3 Å². The van der Waals surface area contributed by atoms with E-state index in [0.29, 0.717) is 10.4 Å². The number of primary sulfonamides is 1. The first-order chi connectivity index (χ1) is 10.3. The summed E-state index contributed by atoms with van der Waals surface area (Å²) in [5, 5.41) is 7.99. The maximum Gasteiger partial charge on any atom is 0.261 e. The molecule has 5 nitrogen and oxygen atoms in total. The lowest BCUT2D eigenvalue weighted by molar-refractivity contribution is 0.0944. The van der Waals surface area contributed by atoms with Crippen molar-refractivity contribution in [3.05, 3.63) is 51.7 Å². The Morgan fingerprint density at radius 2 is 2.05 bits per heavy atom. The van der Waals surface area contributed by atoms with Crippen LogP contribution in [0.4, 0.5) is 0 Å². The fourth-order valence-corrected chi connectivity index (χ4v) is 3.42. The second-order valence-corrected chi connectivity index (χ2v) is 7.66. The van der Waals surface area contributed by atoms with Crippen molar-refractivity contribution in [2.75, 3.05) is 0 Å². The van der Waals surface area contributed by atoms with E-state index in [-0.39, 0.29) is 16.8 Å². The van der Waals surface area contributed by atoms with Crippen molar-refractivity contribution in [2.24, 2.45) is 5.14 Å². The summed E-state index contributed by atoms with van der Waals surface area (Å²) in [4.78, 5) is 14.0. The molecular weight excluding hydrogens is 320 g/mol. The van der Waals surface area contributed by atoms with Gasteiger partial charge in [-0.2, -0.15) is 0 Å². The minimum Gasteiger partial charge on any atom is -0.345 e. The van der Waals surface area contributed by atoms with Crippen molar-refractivity contribution in [3.63, 3.8) is 0 Å². The fourth-order valence-electron chi connectivity index (χ4n) is 2.00. The third-order valence-electron chi connectivity index (χ3n) is 3.27. The molecule has 118 valence electrons. The van der Waals surface area contributed by atoms with Crippen molar-refractivity contribution in [3.8, 4) is 0 Å². The summed E-state index contributed by atoms with van der Waals surface area (Å²) < 4.78 is 22.8. The lowest BCUT2D eigenvalue weighted by Crippen LogP contribution is -2.26. The van der Waals surface area contributed by atoms with Gasteiger partial charge >= 0.3 is 0 Å². The lowest BCUT2D eigenvalue weighted by Gasteiger charge is -2.14. The highest BCUT2D eigenvalue weighted by Crippen LogP contribution is 2.20. The van der Waals surface area contributed by atoms with Crippen molar-refractivity contribution in [2.45, 2.75) is 31.2 Å². The van der Waals surface area contributed by atoms with E-state index in [1.54, 1.807) is 25.1 Å². The van der Waals surface area contributed by atoms with Gasteiger partial charge in [0.2, 0.25) is 10.0 Å². The van der Waals surface area contributed by atoms with Crippen LogP contribution in [0.2, 0.25) is 0 Å². The first-order valence-electron chi connectivity index (χ1n) is 6.83. The molecule has 0 bridgehead atoms. The molecule has 1 heterocycles. The Labute approximate surface area is 134 Å². The van der Waals surface area contributed by atoms with Gasteiger partial charge < -0.3 is 5.32 Å².